The molecule has 88 valence electrons. The van der Waals surface area contributed by atoms with Gasteiger partial charge in [-0.1, -0.05) is 6.07 Å². The number of rotatable bonds is 1. The summed E-state index contributed by atoms with van der Waals surface area (Å²) in [5.41, 5.74) is 0.790. The van der Waals surface area contributed by atoms with E-state index in [1.54, 1.807) is 6.07 Å². The van der Waals surface area contributed by atoms with Crippen molar-refractivity contribution >= 4 is 0 Å². The average molecular weight is 224 g/mol. The van der Waals surface area contributed by atoms with Crippen LogP contribution in [0.1, 0.15) is 30.4 Å². The molecule has 0 saturated carbocycles. The van der Waals surface area contributed by atoms with Gasteiger partial charge in [0.1, 0.15) is 5.82 Å². The maximum Gasteiger partial charge on any atom is 0.123 e. The van der Waals surface area contributed by atoms with Gasteiger partial charge in [0.2, 0.25) is 0 Å². The van der Waals surface area contributed by atoms with Crippen molar-refractivity contribution < 1.29 is 14.2 Å². The lowest BCUT2D eigenvalue weighted by molar-refractivity contribution is 0.0138. The van der Waals surface area contributed by atoms with Crippen molar-refractivity contribution in [3.8, 4) is 0 Å². The molecule has 1 unspecified atom stereocenters. The van der Waals surface area contributed by atoms with Crippen LogP contribution in [0.5, 0.6) is 0 Å². The van der Waals surface area contributed by atoms with Gasteiger partial charge >= 0.3 is 0 Å². The zero-order valence-corrected chi connectivity index (χ0v) is 9.50. The third-order valence-electron chi connectivity index (χ3n) is 3.23. The highest BCUT2D eigenvalue weighted by Crippen LogP contribution is 2.34. The maximum absolute atomic E-state index is 13.0. The molecule has 1 fully saturated rings. The van der Waals surface area contributed by atoms with Crippen molar-refractivity contribution in [1.29, 1.82) is 0 Å². The van der Waals surface area contributed by atoms with Crippen LogP contribution in [0.4, 0.5) is 4.39 Å². The molecule has 3 heteroatoms. The van der Waals surface area contributed by atoms with Gasteiger partial charge in [0.15, 0.2) is 0 Å². The number of halogens is 1. The van der Waals surface area contributed by atoms with E-state index in [0.717, 1.165) is 17.5 Å². The Hall–Kier alpha value is -0.930. The van der Waals surface area contributed by atoms with Crippen molar-refractivity contribution in [3.63, 3.8) is 0 Å². The topological polar surface area (TPSA) is 29.5 Å². The molecule has 0 spiro atoms. The lowest BCUT2D eigenvalue weighted by atomic mass is 9.84. The van der Waals surface area contributed by atoms with Gasteiger partial charge in [0.25, 0.3) is 0 Å². The molecule has 1 aromatic rings. The van der Waals surface area contributed by atoms with Crippen LogP contribution in [0.25, 0.3) is 0 Å². The van der Waals surface area contributed by atoms with E-state index >= 15 is 0 Å². The number of hydrogen-bond acceptors (Lipinski definition) is 2. The Kier molecular flexibility index (Phi) is 3.26. The van der Waals surface area contributed by atoms with Gasteiger partial charge in [-0.3, -0.25) is 0 Å². The molecule has 1 N–H and O–H groups in total. The molecule has 1 aliphatic rings. The minimum Gasteiger partial charge on any atom is -0.385 e. The van der Waals surface area contributed by atoms with Crippen molar-refractivity contribution in [2.75, 3.05) is 13.2 Å². The molecule has 1 aromatic carbocycles. The van der Waals surface area contributed by atoms with Gasteiger partial charge in [-0.05, 0) is 43.0 Å². The lowest BCUT2D eigenvalue weighted by Crippen LogP contribution is -2.27. The van der Waals surface area contributed by atoms with Crippen LogP contribution in [-0.4, -0.2) is 18.3 Å². The summed E-state index contributed by atoms with van der Waals surface area (Å²) in [7, 11) is 0. The van der Waals surface area contributed by atoms with Gasteiger partial charge in [0, 0.05) is 19.6 Å². The molecule has 1 heterocycles. The molecule has 2 rings (SSSR count). The fourth-order valence-electron chi connectivity index (χ4n) is 2.35. The summed E-state index contributed by atoms with van der Waals surface area (Å²) in [5.74, 6) is -0.255. The third-order valence-corrected chi connectivity index (χ3v) is 3.23. The highest BCUT2D eigenvalue weighted by atomic mass is 19.1. The molecule has 0 aliphatic carbocycles. The van der Waals surface area contributed by atoms with Gasteiger partial charge in [-0.2, -0.15) is 0 Å². The first kappa shape index (κ1) is 11.6. The van der Waals surface area contributed by atoms with Crippen LogP contribution < -0.4 is 0 Å². The maximum atomic E-state index is 13.0. The highest BCUT2D eigenvalue weighted by molar-refractivity contribution is 5.32. The van der Waals surface area contributed by atoms with Crippen LogP contribution in [-0.2, 0) is 10.3 Å². The van der Waals surface area contributed by atoms with Gasteiger partial charge in [-0.15, -0.1) is 0 Å². The van der Waals surface area contributed by atoms with Crippen LogP contribution in [0, 0.1) is 12.7 Å². The number of ether oxygens (including phenoxy) is 1. The van der Waals surface area contributed by atoms with E-state index in [0.29, 0.717) is 26.1 Å². The zero-order valence-electron chi connectivity index (χ0n) is 9.50. The first-order valence-electron chi connectivity index (χ1n) is 5.69. The largest absolute Gasteiger partial charge is 0.385 e. The third kappa shape index (κ3) is 2.25. The fraction of sp³-hybridized carbons (Fsp3) is 0.538. The molecular formula is C13H17FO2. The van der Waals surface area contributed by atoms with E-state index in [9.17, 15) is 9.50 Å². The number of aliphatic hydroxyl groups is 1. The number of hydrogen-bond donors (Lipinski definition) is 1. The highest BCUT2D eigenvalue weighted by Gasteiger charge is 2.31. The molecule has 0 amide bonds. The summed E-state index contributed by atoms with van der Waals surface area (Å²) < 4.78 is 18.4. The molecular weight excluding hydrogens is 207 g/mol. The standard InChI is InChI=1S/C13H17FO2/c1-10-9-11(14)3-4-12(10)13(15)5-2-7-16-8-6-13/h3-4,9,15H,2,5-8H2,1H3. The second-order valence-corrected chi connectivity index (χ2v) is 4.46. The predicted molar refractivity (Wildman–Crippen MR) is 59.7 cm³/mol. The Morgan fingerprint density at radius 2 is 2.12 bits per heavy atom. The second-order valence-electron chi connectivity index (χ2n) is 4.46. The Bertz CT molecular complexity index is 368. The summed E-state index contributed by atoms with van der Waals surface area (Å²) in [6, 6.07) is 4.57. The SMILES string of the molecule is Cc1cc(F)ccc1C1(O)CCCOCC1. The molecule has 1 saturated heterocycles. The smallest absolute Gasteiger partial charge is 0.123 e. The minimum atomic E-state index is -0.853. The van der Waals surface area contributed by atoms with E-state index in [1.807, 2.05) is 6.92 Å². The van der Waals surface area contributed by atoms with Crippen LogP contribution in [0.2, 0.25) is 0 Å². The Labute approximate surface area is 95.1 Å². The summed E-state index contributed by atoms with van der Waals surface area (Å²) >= 11 is 0. The number of benzene rings is 1. The monoisotopic (exact) mass is 224 g/mol. The average Bonchev–Trinajstić information content (AvgIpc) is 2.43. The van der Waals surface area contributed by atoms with E-state index in [2.05, 4.69) is 0 Å². The van der Waals surface area contributed by atoms with Crippen LogP contribution in [0.3, 0.4) is 0 Å². The van der Waals surface area contributed by atoms with Crippen molar-refractivity contribution in [2.24, 2.45) is 0 Å². The zero-order chi connectivity index (χ0) is 11.6. The van der Waals surface area contributed by atoms with Crippen molar-refractivity contribution in [3.05, 3.63) is 35.1 Å². The fourth-order valence-corrected chi connectivity index (χ4v) is 2.35. The molecule has 1 atom stereocenters. The molecule has 16 heavy (non-hydrogen) atoms. The quantitative estimate of drug-likeness (QED) is 0.794. The van der Waals surface area contributed by atoms with Crippen molar-refractivity contribution in [1.82, 2.24) is 0 Å². The predicted octanol–water partition coefficient (Wildman–Crippen LogP) is 2.52. The molecule has 0 radical (unpaired) electrons. The van der Waals surface area contributed by atoms with Crippen molar-refractivity contribution in [2.45, 2.75) is 31.8 Å². The number of aryl methyl sites for hydroxylation is 1. The van der Waals surface area contributed by atoms with Crippen LogP contribution >= 0.6 is 0 Å². The first-order chi connectivity index (χ1) is 7.62. The first-order valence-corrected chi connectivity index (χ1v) is 5.69. The Morgan fingerprint density at radius 3 is 2.88 bits per heavy atom. The Morgan fingerprint density at radius 1 is 1.31 bits per heavy atom. The van der Waals surface area contributed by atoms with Gasteiger partial charge < -0.3 is 9.84 Å². The summed E-state index contributed by atoms with van der Waals surface area (Å²) in [6.07, 6.45) is 2.10. The van der Waals surface area contributed by atoms with Gasteiger partial charge in [-0.25, -0.2) is 4.39 Å². The Balaban J connectivity index is 2.33. The summed E-state index contributed by atoms with van der Waals surface area (Å²) in [4.78, 5) is 0. The van der Waals surface area contributed by atoms with E-state index in [-0.39, 0.29) is 5.82 Å². The normalized spacial score (nSPS) is 26.4. The molecule has 0 bridgehead atoms. The second kappa shape index (κ2) is 4.52. The van der Waals surface area contributed by atoms with Gasteiger partial charge in [0.05, 0.1) is 5.60 Å². The summed E-state index contributed by atoms with van der Waals surface area (Å²) in [5, 5.41) is 10.6. The minimum absolute atomic E-state index is 0.255. The summed E-state index contributed by atoms with van der Waals surface area (Å²) in [6.45, 7) is 3.10. The molecule has 0 aromatic heterocycles. The molecule has 1 aliphatic heterocycles. The van der Waals surface area contributed by atoms with E-state index in [1.165, 1.54) is 12.1 Å². The van der Waals surface area contributed by atoms with Crippen LogP contribution in [0.15, 0.2) is 18.2 Å². The van der Waals surface area contributed by atoms with E-state index in [4.69, 9.17) is 4.74 Å². The molecule has 2 nitrogen and oxygen atoms in total. The van der Waals surface area contributed by atoms with E-state index < -0.39 is 5.60 Å². The lowest BCUT2D eigenvalue weighted by Gasteiger charge is -2.28.